The number of carbonyl (C=O) groups excluding carboxylic acids is 2. The van der Waals surface area contributed by atoms with E-state index < -0.39 is 6.09 Å². The Morgan fingerprint density at radius 1 is 0.880 bits per heavy atom. The maximum Gasteiger partial charge on any atom is 0.407 e. The lowest BCUT2D eigenvalue weighted by Crippen LogP contribution is -2.40. The zero-order chi connectivity index (χ0) is 19.1. The van der Waals surface area contributed by atoms with Crippen LogP contribution in [0.3, 0.4) is 0 Å². The van der Waals surface area contributed by atoms with Crippen LogP contribution in [0.1, 0.15) is 52.7 Å². The van der Waals surface area contributed by atoms with Crippen LogP contribution in [0, 0.1) is 10.8 Å². The minimum Gasteiger partial charge on any atom is -0.445 e. The predicted molar refractivity (Wildman–Crippen MR) is 100 cm³/mol. The molecule has 0 bridgehead atoms. The van der Waals surface area contributed by atoms with Crippen LogP contribution in [0.2, 0.25) is 0 Å². The van der Waals surface area contributed by atoms with Crippen molar-refractivity contribution in [3.63, 3.8) is 0 Å². The quantitative estimate of drug-likeness (QED) is 0.824. The summed E-state index contributed by atoms with van der Waals surface area (Å²) in [6.45, 7) is 13.4. The Kier molecular flexibility index (Phi) is 7.46. The van der Waals surface area contributed by atoms with E-state index in [1.807, 2.05) is 32.9 Å². The van der Waals surface area contributed by atoms with Crippen molar-refractivity contribution in [1.82, 2.24) is 10.6 Å². The van der Waals surface area contributed by atoms with E-state index in [2.05, 4.69) is 43.5 Å². The Bertz CT molecular complexity index is 566. The summed E-state index contributed by atoms with van der Waals surface area (Å²) in [6.07, 6.45) is 0.405. The zero-order valence-corrected chi connectivity index (χ0v) is 16.4. The van der Waals surface area contributed by atoms with Crippen LogP contribution in [0.15, 0.2) is 24.3 Å². The van der Waals surface area contributed by atoms with Crippen LogP contribution in [-0.2, 0) is 22.6 Å². The maximum atomic E-state index is 11.7. The standard InChI is InChI=1S/C20H32N2O3/c1-19(2,3)11-15-7-9-16(10-8-15)13-25-18(24)21-12-17(23)22-14-20(4,5)6/h7-10H,11-14H2,1-6H3,(H,21,24)(H,22,23). The number of carbonyl (C=O) groups is 2. The third kappa shape index (κ3) is 10.4. The number of amides is 2. The Morgan fingerprint density at radius 2 is 1.44 bits per heavy atom. The summed E-state index contributed by atoms with van der Waals surface area (Å²) in [6, 6.07) is 8.04. The summed E-state index contributed by atoms with van der Waals surface area (Å²) in [5.41, 5.74) is 2.43. The molecule has 5 heteroatoms. The van der Waals surface area contributed by atoms with E-state index in [4.69, 9.17) is 4.74 Å². The van der Waals surface area contributed by atoms with E-state index in [9.17, 15) is 9.59 Å². The first-order chi connectivity index (χ1) is 11.4. The molecule has 1 aromatic carbocycles. The number of benzene rings is 1. The average Bonchev–Trinajstić information content (AvgIpc) is 2.48. The van der Waals surface area contributed by atoms with Gasteiger partial charge in [-0.3, -0.25) is 4.79 Å². The van der Waals surface area contributed by atoms with Crippen molar-refractivity contribution in [3.05, 3.63) is 35.4 Å². The molecule has 0 aliphatic carbocycles. The predicted octanol–water partition coefficient (Wildman–Crippen LogP) is 3.66. The summed E-state index contributed by atoms with van der Waals surface area (Å²) in [4.78, 5) is 23.3. The van der Waals surface area contributed by atoms with Crippen molar-refractivity contribution < 1.29 is 14.3 Å². The first kappa shape index (κ1) is 21.0. The fourth-order valence-corrected chi connectivity index (χ4v) is 2.14. The first-order valence-electron chi connectivity index (χ1n) is 8.70. The molecular formula is C20H32N2O3. The topological polar surface area (TPSA) is 67.4 Å². The van der Waals surface area contributed by atoms with Crippen LogP contribution >= 0.6 is 0 Å². The molecule has 0 fully saturated rings. The minimum atomic E-state index is -0.593. The third-order valence-corrected chi connectivity index (χ3v) is 3.34. The van der Waals surface area contributed by atoms with Crippen molar-refractivity contribution in [2.24, 2.45) is 10.8 Å². The molecule has 0 saturated carbocycles. The first-order valence-corrected chi connectivity index (χ1v) is 8.70. The molecule has 140 valence electrons. The SMILES string of the molecule is CC(C)(C)CNC(=O)CNC(=O)OCc1ccc(CC(C)(C)C)cc1. The second-order valence-corrected chi connectivity index (χ2v) is 8.82. The summed E-state index contributed by atoms with van der Waals surface area (Å²) >= 11 is 0. The summed E-state index contributed by atoms with van der Waals surface area (Å²) < 4.78 is 5.13. The van der Waals surface area contributed by atoms with Crippen molar-refractivity contribution in [2.45, 2.75) is 54.6 Å². The molecule has 25 heavy (non-hydrogen) atoms. The van der Waals surface area contributed by atoms with Gasteiger partial charge in [0.15, 0.2) is 0 Å². The fraction of sp³-hybridized carbons (Fsp3) is 0.600. The van der Waals surface area contributed by atoms with E-state index >= 15 is 0 Å². The van der Waals surface area contributed by atoms with E-state index in [1.54, 1.807) is 0 Å². The molecule has 0 heterocycles. The Balaban J connectivity index is 2.31. The Hall–Kier alpha value is -2.04. The molecule has 0 spiro atoms. The van der Waals surface area contributed by atoms with Gasteiger partial charge in [0.05, 0.1) is 6.54 Å². The van der Waals surface area contributed by atoms with Gasteiger partial charge in [-0.25, -0.2) is 4.79 Å². The Morgan fingerprint density at radius 3 is 1.96 bits per heavy atom. The van der Waals surface area contributed by atoms with Gasteiger partial charge in [0.1, 0.15) is 6.61 Å². The molecule has 5 nitrogen and oxygen atoms in total. The molecule has 0 aliphatic rings. The van der Waals surface area contributed by atoms with Crippen molar-refractivity contribution in [2.75, 3.05) is 13.1 Å². The van der Waals surface area contributed by atoms with Crippen LogP contribution in [0.25, 0.3) is 0 Å². The van der Waals surface area contributed by atoms with Gasteiger partial charge in [-0.1, -0.05) is 65.8 Å². The smallest absolute Gasteiger partial charge is 0.407 e. The van der Waals surface area contributed by atoms with Gasteiger partial charge in [0, 0.05) is 6.54 Å². The molecule has 1 rings (SSSR count). The van der Waals surface area contributed by atoms with Gasteiger partial charge >= 0.3 is 6.09 Å². The summed E-state index contributed by atoms with van der Waals surface area (Å²) in [5, 5.41) is 5.23. The van der Waals surface area contributed by atoms with E-state index in [0.717, 1.165) is 12.0 Å². The van der Waals surface area contributed by atoms with E-state index in [1.165, 1.54) is 5.56 Å². The van der Waals surface area contributed by atoms with Crippen LogP contribution in [0.4, 0.5) is 4.79 Å². The van der Waals surface area contributed by atoms with E-state index in [0.29, 0.717) is 6.54 Å². The van der Waals surface area contributed by atoms with Crippen LogP contribution in [-0.4, -0.2) is 25.1 Å². The number of rotatable bonds is 6. The third-order valence-electron chi connectivity index (χ3n) is 3.34. The highest BCUT2D eigenvalue weighted by Gasteiger charge is 2.13. The Labute approximate surface area is 151 Å². The summed E-state index contributed by atoms with van der Waals surface area (Å²) in [7, 11) is 0. The van der Waals surface area contributed by atoms with Gasteiger partial charge in [-0.15, -0.1) is 0 Å². The van der Waals surface area contributed by atoms with Gasteiger partial charge in [0.25, 0.3) is 0 Å². The molecule has 0 aromatic heterocycles. The lowest BCUT2D eigenvalue weighted by molar-refractivity contribution is -0.120. The van der Waals surface area contributed by atoms with Crippen LogP contribution in [0.5, 0.6) is 0 Å². The number of ether oxygens (including phenoxy) is 1. The fourth-order valence-electron chi connectivity index (χ4n) is 2.14. The second-order valence-electron chi connectivity index (χ2n) is 8.82. The van der Waals surface area contributed by atoms with Gasteiger partial charge in [-0.05, 0) is 28.4 Å². The lowest BCUT2D eigenvalue weighted by Gasteiger charge is -2.18. The van der Waals surface area contributed by atoms with E-state index in [-0.39, 0.29) is 29.9 Å². The largest absolute Gasteiger partial charge is 0.445 e. The van der Waals surface area contributed by atoms with Crippen molar-refractivity contribution in [1.29, 1.82) is 0 Å². The minimum absolute atomic E-state index is 0.00925. The van der Waals surface area contributed by atoms with Gasteiger partial charge in [0.2, 0.25) is 5.91 Å². The lowest BCUT2D eigenvalue weighted by atomic mass is 9.88. The number of nitrogens with one attached hydrogen (secondary N) is 2. The van der Waals surface area contributed by atoms with Crippen molar-refractivity contribution in [3.8, 4) is 0 Å². The summed E-state index contributed by atoms with van der Waals surface area (Å²) in [5.74, 6) is -0.224. The molecule has 0 atom stereocenters. The second kappa shape index (κ2) is 8.88. The normalized spacial score (nSPS) is 11.8. The average molecular weight is 348 g/mol. The monoisotopic (exact) mass is 348 g/mol. The zero-order valence-electron chi connectivity index (χ0n) is 16.4. The molecule has 0 aliphatic heterocycles. The maximum absolute atomic E-state index is 11.7. The molecule has 0 radical (unpaired) electrons. The van der Waals surface area contributed by atoms with Gasteiger partial charge in [-0.2, -0.15) is 0 Å². The highest BCUT2D eigenvalue weighted by Crippen LogP contribution is 2.20. The number of hydrogen-bond donors (Lipinski definition) is 2. The molecule has 0 unspecified atom stereocenters. The molecule has 0 saturated heterocycles. The highest BCUT2D eigenvalue weighted by atomic mass is 16.5. The molecule has 2 N–H and O–H groups in total. The van der Waals surface area contributed by atoms with Gasteiger partial charge < -0.3 is 15.4 Å². The molecule has 2 amide bonds. The number of alkyl carbamates (subject to hydrolysis) is 1. The highest BCUT2D eigenvalue weighted by molar-refractivity contribution is 5.82. The number of hydrogen-bond acceptors (Lipinski definition) is 3. The molecular weight excluding hydrogens is 316 g/mol. The molecule has 1 aromatic rings. The van der Waals surface area contributed by atoms with Crippen LogP contribution < -0.4 is 10.6 Å². The van der Waals surface area contributed by atoms with Crippen molar-refractivity contribution >= 4 is 12.0 Å².